The highest BCUT2D eigenvalue weighted by Crippen LogP contribution is 2.36. The lowest BCUT2D eigenvalue weighted by Gasteiger charge is -2.17. The Labute approximate surface area is 191 Å². The van der Waals surface area contributed by atoms with Gasteiger partial charge < -0.3 is 20.3 Å². The average Bonchev–Trinajstić information content (AvgIpc) is 2.76. The number of alkyl halides is 3. The number of hydrogen-bond acceptors (Lipinski definition) is 5. The van der Waals surface area contributed by atoms with E-state index in [0.717, 1.165) is 11.0 Å². The van der Waals surface area contributed by atoms with Gasteiger partial charge in [-0.25, -0.2) is 0 Å². The summed E-state index contributed by atoms with van der Waals surface area (Å²) < 4.78 is 43.5. The Morgan fingerprint density at radius 3 is 2.36 bits per heavy atom. The number of carbonyl (C=O) groups excluding carboxylic acids is 4. The predicted octanol–water partition coefficient (Wildman–Crippen LogP) is 2.73. The molecule has 0 aliphatic carbocycles. The van der Waals surface area contributed by atoms with Gasteiger partial charge in [0.05, 0.1) is 17.1 Å². The first-order chi connectivity index (χ1) is 15.5. The predicted molar refractivity (Wildman–Crippen MR) is 112 cm³/mol. The molecule has 2 rings (SSSR count). The van der Waals surface area contributed by atoms with Crippen LogP contribution in [0, 0.1) is 0 Å². The second-order valence-electron chi connectivity index (χ2n) is 6.70. The number of benzene rings is 2. The maximum absolute atomic E-state index is 12.9. The molecule has 0 spiro atoms. The molecule has 3 amide bonds. The number of likely N-dealkylation sites (N-methyl/N-ethyl adjacent to an activating group) is 1. The molecule has 0 saturated heterocycles. The van der Waals surface area contributed by atoms with Crippen molar-refractivity contribution in [2.75, 3.05) is 32.1 Å². The van der Waals surface area contributed by atoms with E-state index in [0.29, 0.717) is 11.6 Å². The Bertz CT molecular complexity index is 1030. The van der Waals surface area contributed by atoms with Crippen LogP contribution >= 0.6 is 11.6 Å². The fourth-order valence-corrected chi connectivity index (χ4v) is 2.70. The highest BCUT2D eigenvalue weighted by molar-refractivity contribution is 6.31. The average molecular weight is 486 g/mol. The van der Waals surface area contributed by atoms with Crippen LogP contribution in [0.3, 0.4) is 0 Å². The van der Waals surface area contributed by atoms with Gasteiger partial charge >= 0.3 is 12.1 Å². The second kappa shape index (κ2) is 11.3. The van der Waals surface area contributed by atoms with Gasteiger partial charge in [-0.15, -0.1) is 0 Å². The summed E-state index contributed by atoms with van der Waals surface area (Å²) >= 11 is 5.52. The second-order valence-corrected chi connectivity index (χ2v) is 7.11. The molecule has 0 fully saturated rings. The number of carbonyl (C=O) groups is 4. The van der Waals surface area contributed by atoms with Crippen LogP contribution in [-0.4, -0.2) is 55.3 Å². The zero-order valence-electron chi connectivity index (χ0n) is 17.2. The molecule has 0 aliphatic rings. The Kier molecular flexibility index (Phi) is 8.80. The minimum absolute atomic E-state index is 0.154. The topological polar surface area (TPSA) is 105 Å². The van der Waals surface area contributed by atoms with E-state index in [2.05, 4.69) is 10.6 Å². The quantitative estimate of drug-likeness (QED) is 0.559. The minimum Gasteiger partial charge on any atom is -0.454 e. The van der Waals surface area contributed by atoms with Gasteiger partial charge in [-0.2, -0.15) is 13.2 Å². The van der Waals surface area contributed by atoms with Gasteiger partial charge in [0.25, 0.3) is 11.8 Å². The van der Waals surface area contributed by atoms with Crippen LogP contribution in [-0.2, 0) is 25.3 Å². The fourth-order valence-electron chi connectivity index (χ4n) is 2.47. The summed E-state index contributed by atoms with van der Waals surface area (Å²) in [7, 11) is 1.25. The number of hydrogen-bond donors (Lipinski definition) is 2. The summed E-state index contributed by atoms with van der Waals surface area (Å²) in [5.41, 5.74) is -0.925. The van der Waals surface area contributed by atoms with Crippen molar-refractivity contribution in [3.05, 3.63) is 64.7 Å². The van der Waals surface area contributed by atoms with Gasteiger partial charge in [0.15, 0.2) is 6.61 Å². The zero-order chi connectivity index (χ0) is 24.6. The van der Waals surface area contributed by atoms with E-state index >= 15 is 0 Å². The smallest absolute Gasteiger partial charge is 0.417 e. The molecule has 8 nitrogen and oxygen atoms in total. The van der Waals surface area contributed by atoms with E-state index in [4.69, 9.17) is 16.3 Å². The standard InChI is InChI=1S/C21H19ClF3N3O5/c1-28(11-17(29)27-14-7-8-16(22)15(9-14)21(23,24)25)18(30)12-33-19(31)10-26-20(32)13-5-3-2-4-6-13/h2-9H,10-12H2,1H3,(H,26,32)(H,27,29). The van der Waals surface area contributed by atoms with Crippen molar-refractivity contribution in [3.63, 3.8) is 0 Å². The maximum Gasteiger partial charge on any atom is 0.417 e. The van der Waals surface area contributed by atoms with Crippen molar-refractivity contribution in [2.45, 2.75) is 6.18 Å². The molecule has 0 aliphatic heterocycles. The number of halogens is 4. The first-order valence-electron chi connectivity index (χ1n) is 9.37. The monoisotopic (exact) mass is 485 g/mol. The third-order valence-electron chi connectivity index (χ3n) is 4.15. The molecule has 0 aromatic heterocycles. The summed E-state index contributed by atoms with van der Waals surface area (Å²) in [6, 6.07) is 11.0. The van der Waals surface area contributed by atoms with Crippen LogP contribution in [0.15, 0.2) is 48.5 Å². The summed E-state index contributed by atoms with van der Waals surface area (Å²) in [5.74, 6) is -2.88. The number of rotatable bonds is 8. The van der Waals surface area contributed by atoms with Crippen LogP contribution in [0.2, 0.25) is 5.02 Å². The van der Waals surface area contributed by atoms with Gasteiger partial charge in [-0.3, -0.25) is 19.2 Å². The summed E-state index contributed by atoms with van der Waals surface area (Å²) in [5, 5.41) is 4.05. The number of anilines is 1. The minimum atomic E-state index is -4.70. The fraction of sp³-hybridized carbons (Fsp3) is 0.238. The van der Waals surface area contributed by atoms with Gasteiger partial charge in [0.1, 0.15) is 6.54 Å². The molecule has 2 N–H and O–H groups in total. The molecule has 0 saturated carbocycles. The summed E-state index contributed by atoms with van der Waals surface area (Å²) in [4.78, 5) is 48.6. The number of nitrogens with zero attached hydrogens (tertiary/aromatic N) is 1. The molecule has 0 unspecified atom stereocenters. The zero-order valence-corrected chi connectivity index (χ0v) is 18.0. The highest BCUT2D eigenvalue weighted by atomic mass is 35.5. The van der Waals surface area contributed by atoms with Crippen LogP contribution in [0.1, 0.15) is 15.9 Å². The van der Waals surface area contributed by atoms with Crippen molar-refractivity contribution >= 4 is 41.0 Å². The van der Waals surface area contributed by atoms with E-state index in [1.807, 2.05) is 0 Å². The molecule has 0 heterocycles. The van der Waals surface area contributed by atoms with E-state index in [9.17, 15) is 32.3 Å². The Morgan fingerprint density at radius 1 is 1.06 bits per heavy atom. The van der Waals surface area contributed by atoms with Crippen molar-refractivity contribution in [1.82, 2.24) is 10.2 Å². The lowest BCUT2D eigenvalue weighted by atomic mass is 10.2. The Balaban J connectivity index is 1.78. The normalized spacial score (nSPS) is 10.8. The van der Waals surface area contributed by atoms with Crippen molar-refractivity contribution in [3.8, 4) is 0 Å². The van der Waals surface area contributed by atoms with Crippen molar-refractivity contribution in [2.24, 2.45) is 0 Å². The maximum atomic E-state index is 12.9. The SMILES string of the molecule is CN(CC(=O)Nc1ccc(Cl)c(C(F)(F)F)c1)C(=O)COC(=O)CNC(=O)c1ccccc1. The number of amides is 3. The van der Waals surface area contributed by atoms with E-state index < -0.39 is 60.1 Å². The van der Waals surface area contributed by atoms with Crippen molar-refractivity contribution < 1.29 is 37.1 Å². The van der Waals surface area contributed by atoms with Gasteiger partial charge in [-0.05, 0) is 30.3 Å². The largest absolute Gasteiger partial charge is 0.454 e. The van der Waals surface area contributed by atoms with E-state index in [1.54, 1.807) is 30.3 Å². The molecular weight excluding hydrogens is 467 g/mol. The third kappa shape index (κ3) is 8.11. The first-order valence-corrected chi connectivity index (χ1v) is 9.74. The van der Waals surface area contributed by atoms with E-state index in [-0.39, 0.29) is 5.69 Å². The van der Waals surface area contributed by atoms with Crippen LogP contribution in [0.25, 0.3) is 0 Å². The van der Waals surface area contributed by atoms with Crippen LogP contribution < -0.4 is 10.6 Å². The molecule has 0 atom stereocenters. The lowest BCUT2D eigenvalue weighted by molar-refractivity contribution is -0.150. The Morgan fingerprint density at radius 2 is 1.73 bits per heavy atom. The molecule has 2 aromatic carbocycles. The molecule has 0 bridgehead atoms. The molecule has 12 heteroatoms. The van der Waals surface area contributed by atoms with Gasteiger partial charge in [-0.1, -0.05) is 29.8 Å². The summed E-state index contributed by atoms with van der Waals surface area (Å²) in [6.07, 6.45) is -4.70. The molecule has 176 valence electrons. The first kappa shape index (κ1) is 25.7. The van der Waals surface area contributed by atoms with Crippen LogP contribution in [0.4, 0.5) is 18.9 Å². The van der Waals surface area contributed by atoms with Gasteiger partial charge in [0, 0.05) is 18.3 Å². The number of esters is 1. The van der Waals surface area contributed by atoms with E-state index in [1.165, 1.54) is 13.1 Å². The lowest BCUT2D eigenvalue weighted by Crippen LogP contribution is -2.38. The number of ether oxygens (including phenoxy) is 1. The van der Waals surface area contributed by atoms with Crippen molar-refractivity contribution in [1.29, 1.82) is 0 Å². The molecule has 33 heavy (non-hydrogen) atoms. The number of nitrogens with one attached hydrogen (secondary N) is 2. The molecular formula is C21H19ClF3N3O5. The third-order valence-corrected chi connectivity index (χ3v) is 4.48. The molecule has 2 aromatic rings. The highest BCUT2D eigenvalue weighted by Gasteiger charge is 2.33. The molecule has 0 radical (unpaired) electrons. The van der Waals surface area contributed by atoms with Crippen LogP contribution in [0.5, 0.6) is 0 Å². The Hall–Kier alpha value is -3.60. The van der Waals surface area contributed by atoms with Gasteiger partial charge in [0.2, 0.25) is 5.91 Å². The summed E-state index contributed by atoms with van der Waals surface area (Å²) in [6.45, 7) is -1.67.